The lowest BCUT2D eigenvalue weighted by atomic mass is 10.1. The monoisotopic (exact) mass is 250 g/mol. The van der Waals surface area contributed by atoms with Gasteiger partial charge in [-0.25, -0.2) is 10.7 Å². The Balaban J connectivity index is 2.15. The largest absolute Gasteiger partial charge is 0.465 e. The van der Waals surface area contributed by atoms with Gasteiger partial charge in [0.25, 0.3) is 0 Å². The van der Waals surface area contributed by atoms with E-state index in [0.717, 1.165) is 31.6 Å². The molecule has 1 heterocycles. The first-order chi connectivity index (χ1) is 8.74. The summed E-state index contributed by atoms with van der Waals surface area (Å²) in [6, 6.07) is 7.42. The summed E-state index contributed by atoms with van der Waals surface area (Å²) >= 11 is 0. The summed E-state index contributed by atoms with van der Waals surface area (Å²) in [5.41, 5.74) is 1.56. The number of hydrogen-bond acceptors (Lipinski definition) is 5. The first kappa shape index (κ1) is 12.9. The molecule has 0 bridgehead atoms. The molecule has 0 amide bonds. The Morgan fingerprint density at radius 2 is 2.33 bits per heavy atom. The van der Waals surface area contributed by atoms with E-state index in [0.29, 0.717) is 5.56 Å². The van der Waals surface area contributed by atoms with Crippen LogP contribution in [0.5, 0.6) is 0 Å². The van der Waals surface area contributed by atoms with E-state index in [1.54, 1.807) is 6.07 Å². The molecule has 1 aromatic carbocycles. The maximum atomic E-state index is 11.5. The lowest BCUT2D eigenvalue weighted by Gasteiger charge is -2.33. The number of carbonyl (C=O) groups is 1. The van der Waals surface area contributed by atoms with E-state index in [1.807, 2.05) is 18.2 Å². The van der Waals surface area contributed by atoms with Crippen molar-refractivity contribution < 1.29 is 14.4 Å². The fourth-order valence-electron chi connectivity index (χ4n) is 2.23. The minimum absolute atomic E-state index is 0.0560. The minimum atomic E-state index is -0.319. The van der Waals surface area contributed by atoms with Crippen LogP contribution >= 0.6 is 0 Å². The molecule has 1 unspecified atom stereocenters. The Bertz CT molecular complexity index is 422. The second kappa shape index (κ2) is 5.84. The SMILES string of the molecule is COC(=O)c1cccc(N2CCCC(ON)C2)c1. The number of rotatable bonds is 3. The van der Waals surface area contributed by atoms with Crippen molar-refractivity contribution in [3.8, 4) is 0 Å². The number of carbonyl (C=O) groups excluding carboxylic acids is 1. The highest BCUT2D eigenvalue weighted by Crippen LogP contribution is 2.22. The molecule has 2 rings (SSSR count). The molecule has 2 N–H and O–H groups in total. The van der Waals surface area contributed by atoms with Gasteiger partial charge in [-0.2, -0.15) is 0 Å². The first-order valence-corrected chi connectivity index (χ1v) is 6.03. The quantitative estimate of drug-likeness (QED) is 0.647. The number of piperidine rings is 1. The van der Waals surface area contributed by atoms with Gasteiger partial charge in [-0.1, -0.05) is 6.07 Å². The predicted molar refractivity (Wildman–Crippen MR) is 68.3 cm³/mol. The van der Waals surface area contributed by atoms with E-state index in [1.165, 1.54) is 7.11 Å². The van der Waals surface area contributed by atoms with Gasteiger partial charge >= 0.3 is 5.97 Å². The van der Waals surface area contributed by atoms with E-state index in [9.17, 15) is 4.79 Å². The summed E-state index contributed by atoms with van der Waals surface area (Å²) < 4.78 is 4.72. The minimum Gasteiger partial charge on any atom is -0.465 e. The average molecular weight is 250 g/mol. The van der Waals surface area contributed by atoms with Crippen LogP contribution in [0.25, 0.3) is 0 Å². The van der Waals surface area contributed by atoms with Crippen molar-refractivity contribution in [2.75, 3.05) is 25.1 Å². The van der Waals surface area contributed by atoms with Crippen LogP contribution < -0.4 is 10.8 Å². The molecule has 1 aliphatic rings. The van der Waals surface area contributed by atoms with Gasteiger partial charge in [0.2, 0.25) is 0 Å². The fraction of sp³-hybridized carbons (Fsp3) is 0.462. The molecule has 1 fully saturated rings. The Labute approximate surface area is 106 Å². The molecule has 98 valence electrons. The summed E-state index contributed by atoms with van der Waals surface area (Å²) in [5, 5.41) is 0. The highest BCUT2D eigenvalue weighted by molar-refractivity contribution is 5.90. The van der Waals surface area contributed by atoms with Gasteiger partial charge < -0.3 is 9.64 Å². The van der Waals surface area contributed by atoms with Crippen LogP contribution in [0, 0.1) is 0 Å². The number of benzene rings is 1. The second-order valence-corrected chi connectivity index (χ2v) is 4.39. The van der Waals surface area contributed by atoms with E-state index < -0.39 is 0 Å². The lowest BCUT2D eigenvalue weighted by Crippen LogP contribution is -2.40. The van der Waals surface area contributed by atoms with Crippen molar-refractivity contribution in [1.82, 2.24) is 0 Å². The van der Waals surface area contributed by atoms with Gasteiger partial charge in [0.15, 0.2) is 0 Å². The number of methoxy groups -OCH3 is 1. The third-order valence-corrected chi connectivity index (χ3v) is 3.20. The standard InChI is InChI=1S/C13H18N2O3/c1-17-13(16)10-4-2-5-11(8-10)15-7-3-6-12(9-15)18-14/h2,4-5,8,12H,3,6-7,9,14H2,1H3. The topological polar surface area (TPSA) is 64.8 Å². The van der Waals surface area contributed by atoms with Gasteiger partial charge in [0.1, 0.15) is 0 Å². The smallest absolute Gasteiger partial charge is 0.337 e. The number of nitrogens with two attached hydrogens (primary N) is 1. The summed E-state index contributed by atoms with van der Waals surface area (Å²) in [6.45, 7) is 1.70. The number of anilines is 1. The maximum absolute atomic E-state index is 11.5. The van der Waals surface area contributed by atoms with E-state index in [-0.39, 0.29) is 12.1 Å². The Morgan fingerprint density at radius 3 is 3.06 bits per heavy atom. The second-order valence-electron chi connectivity index (χ2n) is 4.39. The van der Waals surface area contributed by atoms with Crippen molar-refractivity contribution in [3.05, 3.63) is 29.8 Å². The zero-order valence-corrected chi connectivity index (χ0v) is 10.5. The number of nitrogens with zero attached hydrogens (tertiary/aromatic N) is 1. The van der Waals surface area contributed by atoms with Gasteiger partial charge in [-0.3, -0.25) is 4.84 Å². The molecule has 18 heavy (non-hydrogen) atoms. The van der Waals surface area contributed by atoms with E-state index >= 15 is 0 Å². The van der Waals surface area contributed by atoms with Crippen molar-refractivity contribution in [3.63, 3.8) is 0 Å². The van der Waals surface area contributed by atoms with Crippen LogP contribution in [0.4, 0.5) is 5.69 Å². The molecule has 1 aliphatic heterocycles. The molecule has 0 saturated carbocycles. The Morgan fingerprint density at radius 1 is 1.50 bits per heavy atom. The summed E-state index contributed by atoms with van der Waals surface area (Å²) in [5.74, 6) is 4.92. The third-order valence-electron chi connectivity index (χ3n) is 3.20. The number of ether oxygens (including phenoxy) is 1. The normalized spacial score (nSPS) is 19.7. The van der Waals surface area contributed by atoms with Crippen LogP contribution in [0.2, 0.25) is 0 Å². The highest BCUT2D eigenvalue weighted by atomic mass is 16.6. The Kier molecular flexibility index (Phi) is 4.17. The maximum Gasteiger partial charge on any atom is 0.337 e. The van der Waals surface area contributed by atoms with Crippen LogP contribution in [-0.4, -0.2) is 32.3 Å². The molecule has 5 nitrogen and oxygen atoms in total. The Hall–Kier alpha value is -1.59. The lowest BCUT2D eigenvalue weighted by molar-refractivity contribution is 0.0435. The molecule has 0 spiro atoms. The summed E-state index contributed by atoms with van der Waals surface area (Å²) in [4.78, 5) is 18.6. The molecular weight excluding hydrogens is 232 g/mol. The predicted octanol–water partition coefficient (Wildman–Crippen LogP) is 1.33. The highest BCUT2D eigenvalue weighted by Gasteiger charge is 2.20. The average Bonchev–Trinajstić information content (AvgIpc) is 2.46. The molecule has 5 heteroatoms. The molecule has 0 aliphatic carbocycles. The van der Waals surface area contributed by atoms with Gasteiger partial charge in [-0.05, 0) is 31.0 Å². The zero-order valence-electron chi connectivity index (χ0n) is 10.5. The van der Waals surface area contributed by atoms with Crippen molar-refractivity contribution in [2.45, 2.75) is 18.9 Å². The summed E-state index contributed by atoms with van der Waals surface area (Å²) in [7, 11) is 1.38. The van der Waals surface area contributed by atoms with Gasteiger partial charge in [-0.15, -0.1) is 0 Å². The van der Waals surface area contributed by atoms with Crippen molar-refractivity contribution in [1.29, 1.82) is 0 Å². The van der Waals surface area contributed by atoms with Crippen molar-refractivity contribution >= 4 is 11.7 Å². The van der Waals surface area contributed by atoms with E-state index in [4.69, 9.17) is 15.5 Å². The van der Waals surface area contributed by atoms with Crippen LogP contribution in [0.3, 0.4) is 0 Å². The van der Waals surface area contributed by atoms with Crippen LogP contribution in [-0.2, 0) is 9.57 Å². The number of hydrogen-bond donors (Lipinski definition) is 1. The van der Waals surface area contributed by atoms with Crippen LogP contribution in [0.1, 0.15) is 23.2 Å². The van der Waals surface area contributed by atoms with Gasteiger partial charge in [0, 0.05) is 18.8 Å². The third kappa shape index (κ3) is 2.80. The number of esters is 1. The first-order valence-electron chi connectivity index (χ1n) is 6.03. The molecule has 0 aromatic heterocycles. The molecule has 0 radical (unpaired) electrons. The molecule has 1 saturated heterocycles. The van der Waals surface area contributed by atoms with Crippen LogP contribution in [0.15, 0.2) is 24.3 Å². The van der Waals surface area contributed by atoms with E-state index in [2.05, 4.69) is 4.90 Å². The molecular formula is C13H18N2O3. The van der Waals surface area contributed by atoms with Gasteiger partial charge in [0.05, 0.1) is 18.8 Å². The van der Waals surface area contributed by atoms with Crippen molar-refractivity contribution in [2.24, 2.45) is 5.90 Å². The molecule has 1 aromatic rings. The fourth-order valence-corrected chi connectivity index (χ4v) is 2.23. The molecule has 1 atom stereocenters. The zero-order chi connectivity index (χ0) is 13.0. The summed E-state index contributed by atoms with van der Waals surface area (Å²) in [6.07, 6.45) is 2.06.